The van der Waals surface area contributed by atoms with Gasteiger partial charge in [-0.2, -0.15) is 9.78 Å². The van der Waals surface area contributed by atoms with Crippen molar-refractivity contribution in [1.29, 1.82) is 0 Å². The summed E-state index contributed by atoms with van der Waals surface area (Å²) in [5, 5.41) is 8.66. The van der Waals surface area contributed by atoms with E-state index in [1.807, 2.05) is 61.5 Å². The fourth-order valence-electron chi connectivity index (χ4n) is 4.66. The van der Waals surface area contributed by atoms with Crippen molar-refractivity contribution < 1.29 is 18.7 Å². The number of nitrogens with one attached hydrogen (secondary N) is 1. The minimum absolute atomic E-state index is 0.240. The highest BCUT2D eigenvalue weighted by Crippen LogP contribution is 2.42. The van der Waals surface area contributed by atoms with E-state index in [9.17, 15) is 9.59 Å². The van der Waals surface area contributed by atoms with Crippen LogP contribution in [-0.2, 0) is 4.79 Å². The number of halogens is 3. The summed E-state index contributed by atoms with van der Waals surface area (Å²) in [6.45, 7) is 1.66. The minimum atomic E-state index is -0.366. The molecule has 0 fully saturated rings. The van der Waals surface area contributed by atoms with Gasteiger partial charge < -0.3 is 19.2 Å². The lowest BCUT2D eigenvalue weighted by molar-refractivity contribution is -0.118. The van der Waals surface area contributed by atoms with Gasteiger partial charge in [0, 0.05) is 25.6 Å². The van der Waals surface area contributed by atoms with Crippen LogP contribution < -0.4 is 20.3 Å². The molecule has 0 aliphatic carbocycles. The Labute approximate surface area is 282 Å². The number of fused-ring (bicyclic) bond motifs is 2. The van der Waals surface area contributed by atoms with E-state index < -0.39 is 0 Å². The predicted octanol–water partition coefficient (Wildman–Crippen LogP) is 8.31. The lowest BCUT2D eigenvalue weighted by Crippen LogP contribution is -2.21. The van der Waals surface area contributed by atoms with Gasteiger partial charge in [-0.05, 0) is 92.9 Å². The topological polar surface area (TPSA) is 108 Å². The molecule has 0 saturated carbocycles. The molecule has 226 valence electrons. The monoisotopic (exact) mass is 792 g/mol. The zero-order valence-electron chi connectivity index (χ0n) is 23.8. The third-order valence-electron chi connectivity index (χ3n) is 6.91. The zero-order valence-corrected chi connectivity index (χ0v) is 28.6. The molecular formula is C33H23Br3N4O5. The van der Waals surface area contributed by atoms with Crippen LogP contribution in [-0.4, -0.2) is 35.5 Å². The molecular weight excluding hydrogens is 772 g/mol. The van der Waals surface area contributed by atoms with Crippen LogP contribution in [0.25, 0.3) is 33.5 Å². The summed E-state index contributed by atoms with van der Waals surface area (Å²) in [6, 6.07) is 23.7. The first-order chi connectivity index (χ1) is 21.7. The Bertz CT molecular complexity index is 2190. The summed E-state index contributed by atoms with van der Waals surface area (Å²) in [7, 11) is 1.49. The average Bonchev–Trinajstić information content (AvgIpc) is 3.46. The number of carbonyl (C=O) groups excluding carboxylic acids is 1. The number of nitrogens with zero attached hydrogens (tertiary/aromatic N) is 3. The van der Waals surface area contributed by atoms with Crippen LogP contribution in [0.15, 0.2) is 107 Å². The highest BCUT2D eigenvalue weighted by Gasteiger charge is 2.20. The normalized spacial score (nSPS) is 11.4. The third kappa shape index (κ3) is 6.31. The second-order valence-electron chi connectivity index (χ2n) is 9.88. The molecule has 2 aromatic heterocycles. The van der Waals surface area contributed by atoms with Gasteiger partial charge in [0.1, 0.15) is 5.58 Å². The molecule has 0 bridgehead atoms. The highest BCUT2D eigenvalue weighted by atomic mass is 79.9. The van der Waals surface area contributed by atoms with Gasteiger partial charge in [0.15, 0.2) is 23.9 Å². The van der Waals surface area contributed by atoms with Crippen LogP contribution in [0.2, 0.25) is 0 Å². The molecule has 0 aliphatic rings. The molecule has 1 amide bonds. The van der Waals surface area contributed by atoms with Crippen LogP contribution in [0.4, 0.5) is 5.69 Å². The van der Waals surface area contributed by atoms with Crippen LogP contribution in [0.5, 0.6) is 11.5 Å². The maximum absolute atomic E-state index is 13.7. The number of methoxy groups -OCH3 is 1. The van der Waals surface area contributed by atoms with Crippen molar-refractivity contribution in [2.75, 3.05) is 19.0 Å². The third-order valence-corrected chi connectivity index (χ3v) is 9.54. The molecule has 0 saturated heterocycles. The van der Waals surface area contributed by atoms with Gasteiger partial charge in [0.25, 0.3) is 11.5 Å². The van der Waals surface area contributed by atoms with Gasteiger partial charge >= 0.3 is 0 Å². The zero-order chi connectivity index (χ0) is 31.7. The summed E-state index contributed by atoms with van der Waals surface area (Å²) in [4.78, 5) is 31.1. The molecule has 0 radical (unpaired) electrons. The SMILES string of the molecule is COc1cc(C=Nn2c(-c3cc4cc(Br)ccc4o3)nc3ccccc3c2=O)c(Br)c(Br)c1OCC(=O)Nc1ccccc1C. The van der Waals surface area contributed by atoms with Gasteiger partial charge in [-0.3, -0.25) is 9.59 Å². The predicted molar refractivity (Wildman–Crippen MR) is 186 cm³/mol. The van der Waals surface area contributed by atoms with E-state index in [0.717, 1.165) is 15.4 Å². The van der Waals surface area contributed by atoms with Crippen LogP contribution in [0.1, 0.15) is 11.1 Å². The maximum Gasteiger partial charge on any atom is 0.282 e. The summed E-state index contributed by atoms with van der Waals surface area (Å²) in [5.74, 6) is 0.966. The van der Waals surface area contributed by atoms with Crippen molar-refractivity contribution in [1.82, 2.24) is 9.66 Å². The molecule has 9 nitrogen and oxygen atoms in total. The minimum Gasteiger partial charge on any atom is -0.493 e. The number of amides is 1. The first kappa shape index (κ1) is 30.8. The Hall–Kier alpha value is -4.26. The van der Waals surface area contributed by atoms with Gasteiger partial charge in [-0.15, -0.1) is 0 Å². The Kier molecular flexibility index (Phi) is 8.88. The molecule has 0 spiro atoms. The first-order valence-electron chi connectivity index (χ1n) is 13.5. The van der Waals surface area contributed by atoms with Crippen molar-refractivity contribution >= 4 is 87.5 Å². The van der Waals surface area contributed by atoms with E-state index in [4.69, 9.17) is 18.9 Å². The van der Waals surface area contributed by atoms with Crippen molar-refractivity contribution in [2.45, 2.75) is 6.92 Å². The standard InChI is InChI=1S/C33H23Br3N4O5/c1-18-7-3-5-9-23(18)38-28(41)17-44-31-26(43-2)15-20(29(35)30(31)36)16-37-40-32(39-24-10-6-4-8-22(24)33(40)42)27-14-19-13-21(34)11-12-25(19)45-27/h3-16H,17H2,1-2H3,(H,38,41). The molecule has 45 heavy (non-hydrogen) atoms. The summed E-state index contributed by atoms with van der Waals surface area (Å²) < 4.78 is 20.7. The van der Waals surface area contributed by atoms with Crippen LogP contribution in [0, 0.1) is 6.92 Å². The van der Waals surface area contributed by atoms with Crippen molar-refractivity contribution in [3.8, 4) is 23.1 Å². The van der Waals surface area contributed by atoms with Crippen LogP contribution >= 0.6 is 47.8 Å². The largest absolute Gasteiger partial charge is 0.493 e. The molecule has 6 aromatic rings. The molecule has 0 atom stereocenters. The van der Waals surface area contributed by atoms with Crippen molar-refractivity contribution in [2.24, 2.45) is 5.10 Å². The molecule has 12 heteroatoms. The Balaban J connectivity index is 1.35. The number of aryl methyl sites for hydroxylation is 1. The van der Waals surface area contributed by atoms with E-state index in [0.29, 0.717) is 53.9 Å². The highest BCUT2D eigenvalue weighted by molar-refractivity contribution is 9.13. The van der Waals surface area contributed by atoms with Crippen molar-refractivity contribution in [3.63, 3.8) is 0 Å². The van der Waals surface area contributed by atoms with Gasteiger partial charge in [0.05, 0.1) is 28.7 Å². The first-order valence-corrected chi connectivity index (χ1v) is 15.9. The Morgan fingerprint density at radius 3 is 2.60 bits per heavy atom. The second kappa shape index (κ2) is 13.0. The fraction of sp³-hybridized carbons (Fsp3) is 0.0909. The second-order valence-corrected chi connectivity index (χ2v) is 12.4. The van der Waals surface area contributed by atoms with E-state index >= 15 is 0 Å². The van der Waals surface area contributed by atoms with E-state index in [2.05, 4.69) is 58.2 Å². The molecule has 0 aliphatic heterocycles. The Morgan fingerprint density at radius 2 is 1.80 bits per heavy atom. The number of para-hydroxylation sites is 2. The number of ether oxygens (including phenoxy) is 2. The van der Waals surface area contributed by atoms with E-state index in [-0.39, 0.29) is 23.9 Å². The van der Waals surface area contributed by atoms with E-state index in [1.165, 1.54) is 18.0 Å². The molecule has 6 rings (SSSR count). The van der Waals surface area contributed by atoms with E-state index in [1.54, 1.807) is 24.3 Å². The summed E-state index contributed by atoms with van der Waals surface area (Å²) in [5.41, 5.74) is 3.01. The lowest BCUT2D eigenvalue weighted by Gasteiger charge is -2.15. The molecule has 2 heterocycles. The lowest BCUT2D eigenvalue weighted by atomic mass is 10.2. The molecule has 0 unspecified atom stereocenters. The smallest absolute Gasteiger partial charge is 0.282 e. The van der Waals surface area contributed by atoms with Gasteiger partial charge in [0.2, 0.25) is 5.82 Å². The number of furan rings is 1. The number of anilines is 1. The van der Waals surface area contributed by atoms with Gasteiger partial charge in [-0.1, -0.05) is 46.3 Å². The molecule has 4 aromatic carbocycles. The van der Waals surface area contributed by atoms with Crippen molar-refractivity contribution in [3.05, 3.63) is 114 Å². The number of benzene rings is 4. The number of rotatable bonds is 8. The summed E-state index contributed by atoms with van der Waals surface area (Å²) >= 11 is 10.6. The number of aromatic nitrogens is 2. The van der Waals surface area contributed by atoms with Gasteiger partial charge in [-0.25, -0.2) is 4.98 Å². The van der Waals surface area contributed by atoms with Crippen LogP contribution in [0.3, 0.4) is 0 Å². The molecule has 1 N–H and O–H groups in total. The summed E-state index contributed by atoms with van der Waals surface area (Å²) in [6.07, 6.45) is 1.51. The number of hydrogen-bond acceptors (Lipinski definition) is 7. The fourth-order valence-corrected chi connectivity index (χ4v) is 5.97. The Morgan fingerprint density at radius 1 is 1.02 bits per heavy atom. The average molecular weight is 795 g/mol. The number of hydrogen-bond donors (Lipinski definition) is 1. The number of carbonyl (C=O) groups is 1. The maximum atomic E-state index is 13.7. The quantitative estimate of drug-likeness (QED) is 0.155.